The van der Waals surface area contributed by atoms with Crippen molar-refractivity contribution in [2.45, 2.75) is 19.8 Å². The first-order chi connectivity index (χ1) is 8.20. The fraction of sp³-hybridized carbons (Fsp3) is 0.308. The van der Waals surface area contributed by atoms with E-state index in [-0.39, 0.29) is 5.82 Å². The van der Waals surface area contributed by atoms with Gasteiger partial charge in [-0.25, -0.2) is 9.37 Å². The Morgan fingerprint density at radius 1 is 1.29 bits per heavy atom. The van der Waals surface area contributed by atoms with Gasteiger partial charge in [0.15, 0.2) is 5.13 Å². The summed E-state index contributed by atoms with van der Waals surface area (Å²) in [5.41, 5.74) is 1.81. The first-order valence-electron chi connectivity index (χ1n) is 5.58. The van der Waals surface area contributed by atoms with Crippen LogP contribution in [0.25, 0.3) is 0 Å². The predicted molar refractivity (Wildman–Crippen MR) is 70.2 cm³/mol. The number of nitrogens with one attached hydrogen (secondary N) is 1. The van der Waals surface area contributed by atoms with Crippen LogP contribution in [0.5, 0.6) is 0 Å². The molecule has 1 aromatic heterocycles. The van der Waals surface area contributed by atoms with Crippen molar-refractivity contribution in [3.8, 4) is 0 Å². The minimum absolute atomic E-state index is 0.122. The van der Waals surface area contributed by atoms with E-state index in [2.05, 4.69) is 10.3 Å². The number of halogens is 1. The van der Waals surface area contributed by atoms with Gasteiger partial charge in [-0.2, -0.15) is 0 Å². The Hall–Kier alpha value is -1.42. The minimum atomic E-state index is -0.122. The molecule has 0 bridgehead atoms. The molecule has 90 valence electrons. The molecule has 4 heteroatoms. The van der Waals surface area contributed by atoms with Gasteiger partial charge in [0.25, 0.3) is 0 Å². The van der Waals surface area contributed by atoms with Crippen molar-refractivity contribution < 1.29 is 4.39 Å². The lowest BCUT2D eigenvalue weighted by Gasteiger charge is -2.01. The van der Waals surface area contributed by atoms with Crippen LogP contribution in [0.3, 0.4) is 0 Å². The van der Waals surface area contributed by atoms with Gasteiger partial charge < -0.3 is 5.32 Å². The molecule has 0 fully saturated rings. The number of thiazole rings is 1. The van der Waals surface area contributed by atoms with Crippen molar-refractivity contribution >= 4 is 16.5 Å². The number of aryl methyl sites for hydroxylation is 3. The Balaban J connectivity index is 2.07. The highest BCUT2D eigenvalue weighted by atomic mass is 32.1. The molecular formula is C13H15FN2S. The fourth-order valence-corrected chi connectivity index (χ4v) is 2.63. The highest BCUT2D eigenvalue weighted by Crippen LogP contribution is 2.23. The second kappa shape index (κ2) is 5.27. The SMILES string of the molecule is CNc1nc(C)c(CCc2ccccc2F)s1. The highest BCUT2D eigenvalue weighted by molar-refractivity contribution is 7.15. The Bertz CT molecular complexity index is 508. The molecule has 0 aliphatic heterocycles. The van der Waals surface area contributed by atoms with Crippen molar-refractivity contribution in [3.63, 3.8) is 0 Å². The van der Waals surface area contributed by atoms with E-state index < -0.39 is 0 Å². The van der Waals surface area contributed by atoms with Gasteiger partial charge in [-0.15, -0.1) is 11.3 Å². The molecule has 0 amide bonds. The van der Waals surface area contributed by atoms with E-state index in [4.69, 9.17) is 0 Å². The quantitative estimate of drug-likeness (QED) is 0.899. The van der Waals surface area contributed by atoms with Gasteiger partial charge in [0.05, 0.1) is 5.69 Å². The maximum absolute atomic E-state index is 13.4. The number of aromatic nitrogens is 1. The summed E-state index contributed by atoms with van der Waals surface area (Å²) < 4.78 is 13.4. The van der Waals surface area contributed by atoms with Crippen LogP contribution >= 0.6 is 11.3 Å². The average molecular weight is 250 g/mol. The topological polar surface area (TPSA) is 24.9 Å². The number of anilines is 1. The smallest absolute Gasteiger partial charge is 0.182 e. The number of rotatable bonds is 4. The summed E-state index contributed by atoms with van der Waals surface area (Å²) in [6, 6.07) is 6.94. The largest absolute Gasteiger partial charge is 0.365 e. The Morgan fingerprint density at radius 3 is 2.71 bits per heavy atom. The monoisotopic (exact) mass is 250 g/mol. The lowest BCUT2D eigenvalue weighted by atomic mass is 10.1. The van der Waals surface area contributed by atoms with Crippen molar-refractivity contribution in [1.82, 2.24) is 4.98 Å². The molecular weight excluding hydrogens is 235 g/mol. The van der Waals surface area contributed by atoms with Crippen LogP contribution < -0.4 is 5.32 Å². The normalized spacial score (nSPS) is 10.5. The third-order valence-corrected chi connectivity index (χ3v) is 3.92. The molecule has 0 spiro atoms. The molecule has 2 aromatic rings. The van der Waals surface area contributed by atoms with E-state index >= 15 is 0 Å². The Morgan fingerprint density at radius 2 is 2.06 bits per heavy atom. The first kappa shape index (κ1) is 12.0. The summed E-state index contributed by atoms with van der Waals surface area (Å²) in [6.07, 6.45) is 1.56. The van der Waals surface area contributed by atoms with Crippen LogP contribution in [0.15, 0.2) is 24.3 Å². The molecule has 0 aliphatic carbocycles. The third kappa shape index (κ3) is 2.82. The van der Waals surface area contributed by atoms with Crippen molar-refractivity contribution in [1.29, 1.82) is 0 Å². The molecule has 0 saturated heterocycles. The van der Waals surface area contributed by atoms with Crippen LogP contribution in [0, 0.1) is 12.7 Å². The maximum Gasteiger partial charge on any atom is 0.182 e. The summed E-state index contributed by atoms with van der Waals surface area (Å²) in [4.78, 5) is 5.60. The molecule has 0 radical (unpaired) electrons. The molecule has 1 aromatic carbocycles. The average Bonchev–Trinajstić information content (AvgIpc) is 2.69. The van der Waals surface area contributed by atoms with Crippen LogP contribution in [0.4, 0.5) is 9.52 Å². The molecule has 2 nitrogen and oxygen atoms in total. The Labute approximate surface area is 105 Å². The molecule has 1 N–H and O–H groups in total. The molecule has 0 saturated carbocycles. The van der Waals surface area contributed by atoms with E-state index in [0.29, 0.717) is 0 Å². The van der Waals surface area contributed by atoms with Gasteiger partial charge in [0, 0.05) is 11.9 Å². The molecule has 1 heterocycles. The van der Waals surface area contributed by atoms with Gasteiger partial charge in [-0.05, 0) is 31.4 Å². The molecule has 17 heavy (non-hydrogen) atoms. The lowest BCUT2D eigenvalue weighted by molar-refractivity contribution is 0.609. The van der Waals surface area contributed by atoms with Crippen LogP contribution in [-0.4, -0.2) is 12.0 Å². The highest BCUT2D eigenvalue weighted by Gasteiger charge is 2.08. The van der Waals surface area contributed by atoms with Gasteiger partial charge >= 0.3 is 0 Å². The van der Waals surface area contributed by atoms with E-state index in [0.717, 1.165) is 29.2 Å². The second-order valence-corrected chi connectivity index (χ2v) is 4.95. The predicted octanol–water partition coefficient (Wildman–Crippen LogP) is 3.42. The zero-order valence-electron chi connectivity index (χ0n) is 9.96. The zero-order chi connectivity index (χ0) is 12.3. The van der Waals surface area contributed by atoms with E-state index in [9.17, 15) is 4.39 Å². The number of hydrogen-bond donors (Lipinski definition) is 1. The van der Waals surface area contributed by atoms with Crippen molar-refractivity contribution in [3.05, 3.63) is 46.2 Å². The molecule has 0 unspecified atom stereocenters. The fourth-order valence-electron chi connectivity index (χ4n) is 1.72. The standard InChI is InChI=1S/C13H15FN2S/c1-9-12(17-13(15-2)16-9)8-7-10-5-3-4-6-11(10)14/h3-6H,7-8H2,1-2H3,(H,15,16). The molecule has 0 aliphatic rings. The summed E-state index contributed by atoms with van der Waals surface area (Å²) in [7, 11) is 1.86. The van der Waals surface area contributed by atoms with Gasteiger partial charge in [0.2, 0.25) is 0 Å². The van der Waals surface area contributed by atoms with E-state index in [1.165, 1.54) is 10.9 Å². The first-order valence-corrected chi connectivity index (χ1v) is 6.40. The Kier molecular flexibility index (Phi) is 3.74. The summed E-state index contributed by atoms with van der Waals surface area (Å²) in [5.74, 6) is -0.122. The van der Waals surface area contributed by atoms with Crippen LogP contribution in [-0.2, 0) is 12.8 Å². The number of benzene rings is 1. The van der Waals surface area contributed by atoms with Crippen molar-refractivity contribution in [2.24, 2.45) is 0 Å². The van der Waals surface area contributed by atoms with Crippen LogP contribution in [0.2, 0.25) is 0 Å². The lowest BCUT2D eigenvalue weighted by Crippen LogP contribution is -1.94. The number of nitrogens with zero attached hydrogens (tertiary/aromatic N) is 1. The minimum Gasteiger partial charge on any atom is -0.365 e. The number of hydrogen-bond acceptors (Lipinski definition) is 3. The maximum atomic E-state index is 13.4. The zero-order valence-corrected chi connectivity index (χ0v) is 10.8. The van der Waals surface area contributed by atoms with E-state index in [1.807, 2.05) is 26.1 Å². The molecule has 2 rings (SSSR count). The summed E-state index contributed by atoms with van der Waals surface area (Å²) >= 11 is 1.64. The molecule has 0 atom stereocenters. The van der Waals surface area contributed by atoms with Gasteiger partial charge in [0.1, 0.15) is 5.82 Å². The summed E-state index contributed by atoms with van der Waals surface area (Å²) in [5, 5.41) is 3.95. The van der Waals surface area contributed by atoms with Crippen LogP contribution in [0.1, 0.15) is 16.1 Å². The van der Waals surface area contributed by atoms with Gasteiger partial charge in [-0.3, -0.25) is 0 Å². The summed E-state index contributed by atoms with van der Waals surface area (Å²) in [6.45, 7) is 1.99. The van der Waals surface area contributed by atoms with Crippen molar-refractivity contribution in [2.75, 3.05) is 12.4 Å². The van der Waals surface area contributed by atoms with E-state index in [1.54, 1.807) is 17.4 Å². The van der Waals surface area contributed by atoms with Gasteiger partial charge in [-0.1, -0.05) is 18.2 Å². The second-order valence-electron chi connectivity index (χ2n) is 3.87. The third-order valence-electron chi connectivity index (χ3n) is 2.69.